The second kappa shape index (κ2) is 4.68. The minimum Gasteiger partial charge on any atom is -0.298 e. The molecule has 0 N–H and O–H groups in total. The molecule has 0 heterocycles. The molecule has 0 rings (SSSR count). The van der Waals surface area contributed by atoms with Crippen molar-refractivity contribution in [1.29, 1.82) is 0 Å². The molecule has 0 aliphatic rings. The van der Waals surface area contributed by atoms with Crippen LogP contribution in [0.1, 0.15) is 13.8 Å². The molecule has 0 unspecified atom stereocenters. The third-order valence-corrected chi connectivity index (χ3v) is 1.04. The Bertz CT molecular complexity index is 187. The van der Waals surface area contributed by atoms with Crippen LogP contribution in [-0.4, -0.2) is 12.1 Å². The van der Waals surface area contributed by atoms with Crippen LogP contribution in [0.15, 0.2) is 23.8 Å². The van der Waals surface area contributed by atoms with E-state index in [1.54, 1.807) is 19.9 Å². The van der Waals surface area contributed by atoms with Crippen LogP contribution >= 0.6 is 0 Å². The maximum Gasteiger partial charge on any atom is 0.188 e. The molecule has 0 saturated heterocycles. The molecule has 0 bridgehead atoms. The number of aldehydes is 1. The van der Waals surface area contributed by atoms with Gasteiger partial charge in [-0.1, -0.05) is 12.2 Å². The lowest BCUT2D eigenvalue weighted by atomic mass is 10.2. The Labute approximate surface area is 60.2 Å². The Hall–Kier alpha value is -1.18. The van der Waals surface area contributed by atoms with Crippen molar-refractivity contribution in [3.63, 3.8) is 0 Å². The Morgan fingerprint density at radius 3 is 2.20 bits per heavy atom. The second-order valence-electron chi connectivity index (χ2n) is 1.73. The predicted molar refractivity (Wildman–Crippen MR) is 39.6 cm³/mol. The molecule has 0 spiro atoms. The van der Waals surface area contributed by atoms with Gasteiger partial charge in [-0.25, -0.2) is 0 Å². The Morgan fingerprint density at radius 1 is 1.30 bits per heavy atom. The fourth-order valence-electron chi connectivity index (χ4n) is 0.516. The van der Waals surface area contributed by atoms with Gasteiger partial charge in [-0.05, 0) is 19.9 Å². The quantitative estimate of drug-likeness (QED) is 0.255. The molecule has 0 aromatic heterocycles. The first kappa shape index (κ1) is 8.82. The van der Waals surface area contributed by atoms with Crippen molar-refractivity contribution in [2.24, 2.45) is 0 Å². The number of hydrogen-bond acceptors (Lipinski definition) is 2. The summed E-state index contributed by atoms with van der Waals surface area (Å²) in [4.78, 5) is 20.9. The second-order valence-corrected chi connectivity index (χ2v) is 1.73. The highest BCUT2D eigenvalue weighted by molar-refractivity contribution is 6.16. The normalized spacial score (nSPS) is 12.0. The molecular weight excluding hydrogens is 128 g/mol. The average Bonchev–Trinajstić information content (AvgIpc) is 1.91. The molecule has 0 atom stereocenters. The summed E-state index contributed by atoms with van der Waals surface area (Å²) in [6, 6.07) is 0. The molecule has 2 nitrogen and oxygen atoms in total. The van der Waals surface area contributed by atoms with E-state index in [4.69, 9.17) is 0 Å². The van der Waals surface area contributed by atoms with E-state index in [0.717, 1.165) is 0 Å². The van der Waals surface area contributed by atoms with Gasteiger partial charge in [-0.2, -0.15) is 0 Å². The Balaban J connectivity index is 4.32. The van der Waals surface area contributed by atoms with Crippen LogP contribution < -0.4 is 0 Å². The van der Waals surface area contributed by atoms with Crippen LogP contribution in [0, 0.1) is 0 Å². The highest BCUT2D eigenvalue weighted by Crippen LogP contribution is 1.92. The summed E-state index contributed by atoms with van der Waals surface area (Å²) in [5.41, 5.74) is 0.207. The van der Waals surface area contributed by atoms with E-state index >= 15 is 0 Å². The molecular formula is C8H10O2. The van der Waals surface area contributed by atoms with Gasteiger partial charge in [-0.3, -0.25) is 9.59 Å². The maximum absolute atomic E-state index is 10.8. The predicted octanol–water partition coefficient (Wildman–Crippen LogP) is 1.28. The number of ketones is 1. The van der Waals surface area contributed by atoms with Crippen molar-refractivity contribution in [2.75, 3.05) is 0 Å². The number of carbonyl (C=O) groups is 2. The smallest absolute Gasteiger partial charge is 0.188 e. The van der Waals surface area contributed by atoms with E-state index in [9.17, 15) is 9.59 Å². The summed E-state index contributed by atoms with van der Waals surface area (Å²) in [6.45, 7) is 3.39. The van der Waals surface area contributed by atoms with Gasteiger partial charge in [-0.15, -0.1) is 0 Å². The minimum atomic E-state index is -0.236. The molecule has 0 radical (unpaired) electrons. The largest absolute Gasteiger partial charge is 0.298 e. The van der Waals surface area contributed by atoms with E-state index in [-0.39, 0.29) is 11.4 Å². The van der Waals surface area contributed by atoms with Gasteiger partial charge in [0.1, 0.15) is 0 Å². The van der Waals surface area contributed by atoms with Gasteiger partial charge in [0.05, 0.1) is 5.57 Å². The highest BCUT2D eigenvalue weighted by atomic mass is 16.1. The lowest BCUT2D eigenvalue weighted by molar-refractivity contribution is -0.114. The third-order valence-electron chi connectivity index (χ3n) is 1.04. The third kappa shape index (κ3) is 2.40. The zero-order chi connectivity index (χ0) is 7.98. The first-order valence-corrected chi connectivity index (χ1v) is 3.04. The molecule has 0 aromatic carbocycles. The fourth-order valence-corrected chi connectivity index (χ4v) is 0.516. The van der Waals surface area contributed by atoms with Crippen LogP contribution in [0.25, 0.3) is 0 Å². The first-order chi connectivity index (χ1) is 4.76. The van der Waals surface area contributed by atoms with Crippen molar-refractivity contribution in [2.45, 2.75) is 13.8 Å². The lowest BCUT2D eigenvalue weighted by Crippen LogP contribution is -1.98. The molecule has 0 aromatic rings. The van der Waals surface area contributed by atoms with Crippen molar-refractivity contribution >= 4 is 12.1 Å². The molecule has 54 valence electrons. The summed E-state index contributed by atoms with van der Waals surface area (Å²) >= 11 is 0. The van der Waals surface area contributed by atoms with Gasteiger partial charge in [0.15, 0.2) is 12.1 Å². The molecule has 0 amide bonds. The average molecular weight is 138 g/mol. The summed E-state index contributed by atoms with van der Waals surface area (Å²) in [7, 11) is 0. The van der Waals surface area contributed by atoms with E-state index in [0.29, 0.717) is 6.29 Å². The summed E-state index contributed by atoms with van der Waals surface area (Å²) in [6.07, 6.45) is 5.02. The van der Waals surface area contributed by atoms with Crippen LogP contribution in [-0.2, 0) is 9.59 Å². The molecule has 0 aliphatic heterocycles. The summed E-state index contributed by atoms with van der Waals surface area (Å²) in [5.74, 6) is -0.236. The van der Waals surface area contributed by atoms with E-state index in [1.165, 1.54) is 12.2 Å². The van der Waals surface area contributed by atoms with Gasteiger partial charge in [0.25, 0.3) is 0 Å². The fraction of sp³-hybridized carbons (Fsp3) is 0.250. The zero-order valence-electron chi connectivity index (χ0n) is 6.13. The van der Waals surface area contributed by atoms with Gasteiger partial charge in [0.2, 0.25) is 0 Å². The minimum absolute atomic E-state index is 0.207. The highest BCUT2D eigenvalue weighted by Gasteiger charge is 2.00. The lowest BCUT2D eigenvalue weighted by Gasteiger charge is -1.87. The first-order valence-electron chi connectivity index (χ1n) is 3.04. The van der Waals surface area contributed by atoms with Crippen molar-refractivity contribution in [1.82, 2.24) is 0 Å². The molecule has 0 aliphatic carbocycles. The van der Waals surface area contributed by atoms with Crippen LogP contribution in [0.4, 0.5) is 0 Å². The van der Waals surface area contributed by atoms with Crippen molar-refractivity contribution in [3.05, 3.63) is 23.8 Å². The monoisotopic (exact) mass is 138 g/mol. The number of carbonyl (C=O) groups excluding carboxylic acids is 2. The van der Waals surface area contributed by atoms with Crippen LogP contribution in [0.2, 0.25) is 0 Å². The van der Waals surface area contributed by atoms with Gasteiger partial charge in [0, 0.05) is 0 Å². The van der Waals surface area contributed by atoms with E-state index in [1.807, 2.05) is 0 Å². The summed E-state index contributed by atoms with van der Waals surface area (Å²) in [5, 5.41) is 0. The Kier molecular flexibility index (Phi) is 4.12. The number of hydrogen-bond donors (Lipinski definition) is 0. The molecule has 0 fully saturated rings. The molecule has 0 saturated carbocycles. The van der Waals surface area contributed by atoms with E-state index in [2.05, 4.69) is 0 Å². The standard InChI is InChI=1S/C8H10O2/c1-3-5-8(10)7(4-2)6-9/h3-6H,1-2H3. The maximum atomic E-state index is 10.8. The Morgan fingerprint density at radius 2 is 1.90 bits per heavy atom. The topological polar surface area (TPSA) is 34.1 Å². The molecule has 2 heteroatoms. The SMILES string of the molecule is CC=CC(=O)C(C=O)=CC. The van der Waals surface area contributed by atoms with Crippen LogP contribution in [0.3, 0.4) is 0 Å². The van der Waals surface area contributed by atoms with Crippen molar-refractivity contribution in [3.8, 4) is 0 Å². The van der Waals surface area contributed by atoms with Gasteiger partial charge >= 0.3 is 0 Å². The van der Waals surface area contributed by atoms with E-state index < -0.39 is 0 Å². The van der Waals surface area contributed by atoms with Crippen molar-refractivity contribution < 1.29 is 9.59 Å². The van der Waals surface area contributed by atoms with Gasteiger partial charge < -0.3 is 0 Å². The number of rotatable bonds is 3. The molecule has 10 heavy (non-hydrogen) atoms. The summed E-state index contributed by atoms with van der Waals surface area (Å²) < 4.78 is 0. The zero-order valence-corrected chi connectivity index (χ0v) is 6.13. The number of allylic oxidation sites excluding steroid dienone is 4. The van der Waals surface area contributed by atoms with Crippen LogP contribution in [0.5, 0.6) is 0 Å².